The molecule has 0 aliphatic heterocycles. The summed E-state index contributed by atoms with van der Waals surface area (Å²) < 4.78 is 40.8. The van der Waals surface area contributed by atoms with Crippen LogP contribution in [-0.2, 0) is 4.79 Å². The number of pyridine rings is 1. The van der Waals surface area contributed by atoms with Gasteiger partial charge >= 0.3 is 6.18 Å². The van der Waals surface area contributed by atoms with Crippen LogP contribution in [0, 0.1) is 11.8 Å². The first kappa shape index (κ1) is 16.5. The zero-order valence-corrected chi connectivity index (χ0v) is 12.8. The topological polar surface area (TPSA) is 59.8 Å². The molecule has 0 radical (unpaired) electrons. The van der Waals surface area contributed by atoms with Crippen molar-refractivity contribution >= 4 is 11.6 Å². The van der Waals surface area contributed by atoms with E-state index < -0.39 is 23.9 Å². The van der Waals surface area contributed by atoms with E-state index in [1.807, 2.05) is 0 Å². The summed E-state index contributed by atoms with van der Waals surface area (Å²) in [5.41, 5.74) is 0.377. The normalized spacial score (nSPS) is 21.5. The molecule has 1 aliphatic rings. The van der Waals surface area contributed by atoms with Crippen LogP contribution in [0.3, 0.4) is 0 Å². The molecule has 128 valence electrons. The fraction of sp³-hybridized carbons (Fsp3) is 0.438. The molecule has 3 rings (SSSR count). The minimum Gasteiger partial charge on any atom is -0.324 e. The minimum atomic E-state index is -4.34. The number of carbonyl (C=O) groups is 1. The molecule has 0 bridgehead atoms. The van der Waals surface area contributed by atoms with Gasteiger partial charge in [0.25, 0.3) is 0 Å². The molecule has 2 aromatic rings. The Hall–Kier alpha value is -2.38. The second kappa shape index (κ2) is 6.62. The molecule has 2 unspecified atom stereocenters. The fourth-order valence-electron chi connectivity index (χ4n) is 3.07. The number of hydrogen-bond donors (Lipinski definition) is 1. The van der Waals surface area contributed by atoms with Crippen molar-refractivity contribution in [1.29, 1.82) is 0 Å². The van der Waals surface area contributed by atoms with Gasteiger partial charge in [-0.1, -0.05) is 12.8 Å². The van der Waals surface area contributed by atoms with E-state index in [0.29, 0.717) is 24.3 Å². The van der Waals surface area contributed by atoms with Crippen LogP contribution in [0.15, 0.2) is 36.8 Å². The number of anilines is 1. The lowest BCUT2D eigenvalue weighted by Gasteiger charge is -2.31. The molecule has 1 N–H and O–H groups in total. The molecule has 2 heterocycles. The van der Waals surface area contributed by atoms with Crippen molar-refractivity contribution in [2.75, 3.05) is 5.32 Å². The van der Waals surface area contributed by atoms with Crippen LogP contribution in [0.5, 0.6) is 0 Å². The molecule has 24 heavy (non-hydrogen) atoms. The van der Waals surface area contributed by atoms with Crippen LogP contribution in [0.1, 0.15) is 25.7 Å². The van der Waals surface area contributed by atoms with Crippen LogP contribution in [-0.4, -0.2) is 26.8 Å². The highest BCUT2D eigenvalue weighted by atomic mass is 19.4. The average Bonchev–Trinajstić information content (AvgIpc) is 3.09. The fourth-order valence-corrected chi connectivity index (χ4v) is 3.07. The third-order valence-corrected chi connectivity index (χ3v) is 4.28. The van der Waals surface area contributed by atoms with Gasteiger partial charge in [0.05, 0.1) is 17.8 Å². The van der Waals surface area contributed by atoms with Gasteiger partial charge in [0.2, 0.25) is 5.91 Å². The van der Waals surface area contributed by atoms with E-state index in [0.717, 1.165) is 0 Å². The predicted molar refractivity (Wildman–Crippen MR) is 81.5 cm³/mol. The van der Waals surface area contributed by atoms with E-state index in [1.165, 1.54) is 6.20 Å². The maximum atomic E-state index is 13.1. The lowest BCUT2D eigenvalue weighted by molar-refractivity contribution is -0.197. The van der Waals surface area contributed by atoms with Crippen LogP contribution in [0.2, 0.25) is 0 Å². The van der Waals surface area contributed by atoms with Gasteiger partial charge in [0.15, 0.2) is 5.82 Å². The lowest BCUT2D eigenvalue weighted by atomic mass is 9.78. The van der Waals surface area contributed by atoms with Gasteiger partial charge in [0, 0.05) is 18.3 Å². The number of amides is 1. The lowest BCUT2D eigenvalue weighted by Crippen LogP contribution is -2.39. The molecule has 1 aliphatic carbocycles. The number of halogens is 3. The van der Waals surface area contributed by atoms with Crippen LogP contribution in [0.25, 0.3) is 5.82 Å². The van der Waals surface area contributed by atoms with Crippen LogP contribution in [0.4, 0.5) is 18.9 Å². The van der Waals surface area contributed by atoms with Crippen molar-refractivity contribution in [3.05, 3.63) is 36.8 Å². The zero-order valence-electron chi connectivity index (χ0n) is 12.8. The molecular weight excluding hydrogens is 321 g/mol. The van der Waals surface area contributed by atoms with E-state index >= 15 is 0 Å². The van der Waals surface area contributed by atoms with E-state index in [4.69, 9.17) is 0 Å². The Morgan fingerprint density at radius 1 is 1.25 bits per heavy atom. The molecule has 1 saturated carbocycles. The second-order valence-electron chi connectivity index (χ2n) is 5.88. The molecular formula is C16H17F3N4O. The monoisotopic (exact) mass is 338 g/mol. The number of alkyl halides is 3. The van der Waals surface area contributed by atoms with Crippen molar-refractivity contribution in [1.82, 2.24) is 14.8 Å². The van der Waals surface area contributed by atoms with Crippen molar-refractivity contribution < 1.29 is 18.0 Å². The molecule has 2 atom stereocenters. The van der Waals surface area contributed by atoms with Crippen LogP contribution >= 0.6 is 0 Å². The Kier molecular flexibility index (Phi) is 4.55. The summed E-state index contributed by atoms with van der Waals surface area (Å²) in [6.45, 7) is 0. The maximum Gasteiger partial charge on any atom is 0.392 e. The first-order chi connectivity index (χ1) is 11.4. The maximum absolute atomic E-state index is 13.1. The summed E-state index contributed by atoms with van der Waals surface area (Å²) in [6, 6.07) is 5.00. The Balaban J connectivity index is 1.69. The quantitative estimate of drug-likeness (QED) is 0.931. The molecule has 0 saturated heterocycles. The predicted octanol–water partition coefficient (Wildman–Crippen LogP) is 3.57. The standard InChI is InChI=1S/C16H17F3N4O/c17-16(18,19)13-5-2-1-4-12(13)15(24)22-11-6-7-14(20-10-11)23-9-3-8-21-23/h3,6-10,12-13H,1-2,4-5H2,(H,22,24). The highest BCUT2D eigenvalue weighted by Crippen LogP contribution is 2.41. The van der Waals surface area contributed by atoms with E-state index in [-0.39, 0.29) is 12.8 Å². The zero-order chi connectivity index (χ0) is 17.2. The third-order valence-electron chi connectivity index (χ3n) is 4.28. The van der Waals surface area contributed by atoms with Gasteiger partial charge < -0.3 is 5.32 Å². The Bertz CT molecular complexity index is 682. The Morgan fingerprint density at radius 3 is 2.67 bits per heavy atom. The first-order valence-electron chi connectivity index (χ1n) is 7.79. The van der Waals surface area contributed by atoms with Crippen molar-refractivity contribution in [2.45, 2.75) is 31.9 Å². The van der Waals surface area contributed by atoms with E-state index in [2.05, 4.69) is 15.4 Å². The second-order valence-corrected chi connectivity index (χ2v) is 5.88. The summed E-state index contributed by atoms with van der Waals surface area (Å²) >= 11 is 0. The molecule has 8 heteroatoms. The van der Waals surface area contributed by atoms with E-state index in [1.54, 1.807) is 35.3 Å². The van der Waals surface area contributed by atoms with Gasteiger partial charge in [0.1, 0.15) is 0 Å². The summed E-state index contributed by atoms with van der Waals surface area (Å²) in [7, 11) is 0. The molecule has 0 spiro atoms. The Morgan fingerprint density at radius 2 is 2.04 bits per heavy atom. The smallest absolute Gasteiger partial charge is 0.324 e. The number of nitrogens with one attached hydrogen (secondary N) is 1. The molecule has 1 fully saturated rings. The molecule has 0 aromatic carbocycles. The average molecular weight is 338 g/mol. The number of hydrogen-bond acceptors (Lipinski definition) is 3. The highest BCUT2D eigenvalue weighted by Gasteiger charge is 2.48. The number of nitrogens with zero attached hydrogens (tertiary/aromatic N) is 3. The third kappa shape index (κ3) is 3.58. The van der Waals surface area contributed by atoms with Gasteiger partial charge in [-0.3, -0.25) is 4.79 Å². The summed E-state index contributed by atoms with van der Waals surface area (Å²) in [5, 5.41) is 6.58. The molecule has 2 aromatic heterocycles. The Labute approximate surface area is 136 Å². The summed E-state index contributed by atoms with van der Waals surface area (Å²) in [5.74, 6) is -2.64. The van der Waals surface area contributed by atoms with Gasteiger partial charge in [-0.2, -0.15) is 18.3 Å². The molecule has 1 amide bonds. The summed E-state index contributed by atoms with van der Waals surface area (Å²) in [4.78, 5) is 16.4. The number of aromatic nitrogens is 3. The highest BCUT2D eigenvalue weighted by molar-refractivity contribution is 5.92. The largest absolute Gasteiger partial charge is 0.392 e. The summed E-state index contributed by atoms with van der Waals surface area (Å²) in [6.07, 6.45) is 1.82. The van der Waals surface area contributed by atoms with Gasteiger partial charge in [-0.15, -0.1) is 0 Å². The first-order valence-corrected chi connectivity index (χ1v) is 7.79. The van der Waals surface area contributed by atoms with Crippen molar-refractivity contribution in [3.8, 4) is 5.82 Å². The van der Waals surface area contributed by atoms with Crippen molar-refractivity contribution in [2.24, 2.45) is 11.8 Å². The van der Waals surface area contributed by atoms with E-state index in [9.17, 15) is 18.0 Å². The molecule has 5 nitrogen and oxygen atoms in total. The van der Waals surface area contributed by atoms with Gasteiger partial charge in [-0.05, 0) is 31.0 Å². The minimum absolute atomic E-state index is 0.0120. The van der Waals surface area contributed by atoms with Crippen molar-refractivity contribution in [3.63, 3.8) is 0 Å². The SMILES string of the molecule is O=C(Nc1ccc(-n2cccn2)nc1)C1CCCCC1C(F)(F)F. The van der Waals surface area contributed by atoms with Gasteiger partial charge in [-0.25, -0.2) is 9.67 Å². The number of rotatable bonds is 3. The van der Waals surface area contributed by atoms with Crippen LogP contribution < -0.4 is 5.32 Å². The number of carbonyl (C=O) groups excluding carboxylic acids is 1.